The van der Waals surface area contributed by atoms with Gasteiger partial charge in [0.2, 0.25) is 0 Å². The second-order valence-corrected chi connectivity index (χ2v) is 3.87. The van der Waals surface area contributed by atoms with Crippen molar-refractivity contribution in [2.24, 2.45) is 11.1 Å². The SMILES string of the molecule is COC(=O)CCC(N)C(C)(C)CO. The molecule has 0 spiro atoms. The molecule has 0 saturated heterocycles. The molecule has 0 aliphatic rings. The van der Waals surface area contributed by atoms with Gasteiger partial charge in [-0.05, 0) is 6.42 Å². The molecule has 3 N–H and O–H groups in total. The van der Waals surface area contributed by atoms with Crippen LogP contribution in [0.3, 0.4) is 0 Å². The fourth-order valence-corrected chi connectivity index (χ4v) is 0.883. The Morgan fingerprint density at radius 3 is 2.54 bits per heavy atom. The van der Waals surface area contributed by atoms with Gasteiger partial charge < -0.3 is 15.6 Å². The number of hydrogen-bond donors (Lipinski definition) is 2. The first kappa shape index (κ1) is 12.4. The quantitative estimate of drug-likeness (QED) is 0.609. The molecule has 0 rings (SSSR count). The van der Waals surface area contributed by atoms with Crippen molar-refractivity contribution in [1.29, 1.82) is 0 Å². The van der Waals surface area contributed by atoms with E-state index in [1.165, 1.54) is 7.11 Å². The van der Waals surface area contributed by atoms with E-state index in [9.17, 15) is 4.79 Å². The Bertz CT molecular complexity index is 168. The third-order valence-electron chi connectivity index (χ3n) is 2.30. The Morgan fingerprint density at radius 2 is 2.15 bits per heavy atom. The summed E-state index contributed by atoms with van der Waals surface area (Å²) in [5, 5.41) is 8.99. The molecule has 4 heteroatoms. The van der Waals surface area contributed by atoms with Gasteiger partial charge in [0.05, 0.1) is 7.11 Å². The van der Waals surface area contributed by atoms with Crippen LogP contribution in [0.25, 0.3) is 0 Å². The molecule has 0 aromatic carbocycles. The lowest BCUT2D eigenvalue weighted by atomic mass is 9.83. The van der Waals surface area contributed by atoms with Crippen LogP contribution in [0, 0.1) is 5.41 Å². The predicted molar refractivity (Wildman–Crippen MR) is 50.1 cm³/mol. The lowest BCUT2D eigenvalue weighted by Gasteiger charge is -2.29. The zero-order chi connectivity index (χ0) is 10.5. The minimum absolute atomic E-state index is 0.0232. The molecule has 4 nitrogen and oxygen atoms in total. The third-order valence-corrected chi connectivity index (χ3v) is 2.30. The van der Waals surface area contributed by atoms with Crippen molar-refractivity contribution in [2.45, 2.75) is 32.7 Å². The van der Waals surface area contributed by atoms with E-state index in [0.717, 1.165) is 0 Å². The van der Waals surface area contributed by atoms with Crippen LogP contribution >= 0.6 is 0 Å². The molecule has 0 radical (unpaired) electrons. The first-order valence-corrected chi connectivity index (χ1v) is 4.37. The summed E-state index contributed by atoms with van der Waals surface area (Å²) < 4.78 is 4.49. The Labute approximate surface area is 79.1 Å². The molecule has 1 unspecified atom stereocenters. The molecule has 0 aromatic heterocycles. The largest absolute Gasteiger partial charge is 0.469 e. The second-order valence-electron chi connectivity index (χ2n) is 3.87. The number of ether oxygens (including phenoxy) is 1. The van der Waals surface area contributed by atoms with E-state index in [1.807, 2.05) is 13.8 Å². The van der Waals surface area contributed by atoms with Gasteiger partial charge >= 0.3 is 5.97 Å². The van der Waals surface area contributed by atoms with Gasteiger partial charge in [-0.25, -0.2) is 0 Å². The summed E-state index contributed by atoms with van der Waals surface area (Å²) in [6.07, 6.45) is 0.849. The molecular formula is C9H19NO3. The number of aliphatic hydroxyl groups excluding tert-OH is 1. The van der Waals surface area contributed by atoms with Crippen LogP contribution in [0.15, 0.2) is 0 Å². The highest BCUT2D eigenvalue weighted by Crippen LogP contribution is 2.21. The van der Waals surface area contributed by atoms with E-state index in [1.54, 1.807) is 0 Å². The van der Waals surface area contributed by atoms with Crippen molar-refractivity contribution in [3.63, 3.8) is 0 Å². The maximum absolute atomic E-state index is 10.8. The standard InChI is InChI=1S/C9H19NO3/c1-9(2,6-11)7(10)4-5-8(12)13-3/h7,11H,4-6,10H2,1-3H3. The van der Waals surface area contributed by atoms with E-state index in [-0.39, 0.29) is 24.0 Å². The second kappa shape index (κ2) is 5.19. The van der Waals surface area contributed by atoms with Gasteiger partial charge in [-0.3, -0.25) is 4.79 Å². The highest BCUT2D eigenvalue weighted by Gasteiger charge is 2.25. The normalized spacial score (nSPS) is 13.9. The van der Waals surface area contributed by atoms with Crippen LogP contribution < -0.4 is 5.73 Å². The highest BCUT2D eigenvalue weighted by molar-refractivity contribution is 5.69. The summed E-state index contributed by atoms with van der Waals surface area (Å²) in [6.45, 7) is 3.76. The number of methoxy groups -OCH3 is 1. The fraction of sp³-hybridized carbons (Fsp3) is 0.889. The summed E-state index contributed by atoms with van der Waals surface area (Å²) >= 11 is 0. The Kier molecular flexibility index (Phi) is 4.95. The molecule has 0 aromatic rings. The maximum atomic E-state index is 10.8. The van der Waals surface area contributed by atoms with Gasteiger partial charge in [-0.15, -0.1) is 0 Å². The summed E-state index contributed by atoms with van der Waals surface area (Å²) in [6, 6.07) is -0.184. The monoisotopic (exact) mass is 189 g/mol. The molecule has 78 valence electrons. The number of carbonyl (C=O) groups excluding carboxylic acids is 1. The van der Waals surface area contributed by atoms with Crippen molar-refractivity contribution in [2.75, 3.05) is 13.7 Å². The maximum Gasteiger partial charge on any atom is 0.305 e. The van der Waals surface area contributed by atoms with Crippen molar-refractivity contribution >= 4 is 5.97 Å². The van der Waals surface area contributed by atoms with E-state index >= 15 is 0 Å². The highest BCUT2D eigenvalue weighted by atomic mass is 16.5. The first-order valence-electron chi connectivity index (χ1n) is 4.37. The molecule has 13 heavy (non-hydrogen) atoms. The number of aliphatic hydroxyl groups is 1. The summed E-state index contributed by atoms with van der Waals surface area (Å²) in [5.74, 6) is -0.260. The minimum atomic E-state index is -0.339. The van der Waals surface area contributed by atoms with Crippen LogP contribution in [-0.4, -0.2) is 30.8 Å². The minimum Gasteiger partial charge on any atom is -0.469 e. The van der Waals surface area contributed by atoms with Crippen molar-refractivity contribution in [3.05, 3.63) is 0 Å². The van der Waals surface area contributed by atoms with Gasteiger partial charge in [0.25, 0.3) is 0 Å². The molecule has 0 aliphatic heterocycles. The number of esters is 1. The molecule has 0 aliphatic carbocycles. The van der Waals surface area contributed by atoms with Crippen molar-refractivity contribution in [1.82, 2.24) is 0 Å². The predicted octanol–water partition coefficient (Wildman–Crippen LogP) is 0.285. The van der Waals surface area contributed by atoms with E-state index in [2.05, 4.69) is 4.74 Å². The van der Waals surface area contributed by atoms with Gasteiger partial charge in [0.15, 0.2) is 0 Å². The molecule has 0 fully saturated rings. The van der Waals surface area contributed by atoms with Gasteiger partial charge in [0.1, 0.15) is 0 Å². The van der Waals surface area contributed by atoms with Gasteiger partial charge in [0, 0.05) is 24.5 Å². The fourth-order valence-electron chi connectivity index (χ4n) is 0.883. The zero-order valence-corrected chi connectivity index (χ0v) is 8.54. The average molecular weight is 189 g/mol. The Balaban J connectivity index is 3.87. The first-order chi connectivity index (χ1) is 5.94. The summed E-state index contributed by atoms with van der Waals surface area (Å²) in [5.41, 5.74) is 5.46. The number of carbonyl (C=O) groups is 1. The molecular weight excluding hydrogens is 170 g/mol. The average Bonchev–Trinajstić information content (AvgIpc) is 2.13. The van der Waals surface area contributed by atoms with Crippen LogP contribution in [0.2, 0.25) is 0 Å². The number of rotatable bonds is 5. The molecule has 0 amide bonds. The summed E-state index contributed by atoms with van der Waals surface area (Å²) in [7, 11) is 1.35. The molecule has 1 atom stereocenters. The van der Waals surface area contributed by atoms with Crippen LogP contribution in [0.1, 0.15) is 26.7 Å². The zero-order valence-electron chi connectivity index (χ0n) is 8.54. The van der Waals surface area contributed by atoms with Crippen LogP contribution in [0.5, 0.6) is 0 Å². The van der Waals surface area contributed by atoms with Crippen LogP contribution in [-0.2, 0) is 9.53 Å². The van der Waals surface area contributed by atoms with Crippen molar-refractivity contribution in [3.8, 4) is 0 Å². The van der Waals surface area contributed by atoms with E-state index in [0.29, 0.717) is 12.8 Å². The summed E-state index contributed by atoms with van der Waals surface area (Å²) in [4.78, 5) is 10.8. The van der Waals surface area contributed by atoms with Gasteiger partial charge in [-0.1, -0.05) is 13.8 Å². The van der Waals surface area contributed by atoms with Gasteiger partial charge in [-0.2, -0.15) is 0 Å². The number of hydrogen-bond acceptors (Lipinski definition) is 4. The lowest BCUT2D eigenvalue weighted by Crippen LogP contribution is -2.40. The van der Waals surface area contributed by atoms with Crippen LogP contribution in [0.4, 0.5) is 0 Å². The topological polar surface area (TPSA) is 72.5 Å². The van der Waals surface area contributed by atoms with E-state index in [4.69, 9.17) is 10.8 Å². The molecule has 0 saturated carbocycles. The third kappa shape index (κ3) is 4.24. The number of nitrogens with two attached hydrogens (primary N) is 1. The Hall–Kier alpha value is -0.610. The Morgan fingerprint density at radius 1 is 1.62 bits per heavy atom. The lowest BCUT2D eigenvalue weighted by molar-refractivity contribution is -0.140. The molecule has 0 bridgehead atoms. The molecule has 0 heterocycles. The smallest absolute Gasteiger partial charge is 0.305 e. The van der Waals surface area contributed by atoms with Crippen molar-refractivity contribution < 1.29 is 14.6 Å². The van der Waals surface area contributed by atoms with E-state index < -0.39 is 0 Å².